The van der Waals surface area contributed by atoms with Gasteiger partial charge in [-0.05, 0) is 42.8 Å². The number of nitrogens with zero attached hydrogens (tertiary/aromatic N) is 3. The van der Waals surface area contributed by atoms with E-state index in [1.54, 1.807) is 18.6 Å². The molecule has 0 radical (unpaired) electrons. The lowest BCUT2D eigenvalue weighted by Crippen LogP contribution is -1.98. The highest BCUT2D eigenvalue weighted by molar-refractivity contribution is 7.99. The van der Waals surface area contributed by atoms with Crippen molar-refractivity contribution >= 4 is 11.8 Å². The third-order valence-electron chi connectivity index (χ3n) is 2.45. The zero-order valence-corrected chi connectivity index (χ0v) is 11.2. The Bertz CT molecular complexity index is 499. The Labute approximate surface area is 111 Å². The van der Waals surface area contributed by atoms with Gasteiger partial charge in [-0.3, -0.25) is 4.98 Å². The molecule has 0 aromatic carbocycles. The number of aliphatic hydroxyl groups excluding tert-OH is 1. The van der Waals surface area contributed by atoms with Crippen molar-refractivity contribution in [2.75, 3.05) is 0 Å². The molecule has 2 heterocycles. The fourth-order valence-corrected chi connectivity index (χ4v) is 2.06. The molecule has 0 bridgehead atoms. The van der Waals surface area contributed by atoms with Crippen LogP contribution in [0.2, 0.25) is 0 Å². The van der Waals surface area contributed by atoms with Gasteiger partial charge < -0.3 is 5.11 Å². The van der Waals surface area contributed by atoms with Crippen LogP contribution in [0.1, 0.15) is 30.7 Å². The van der Waals surface area contributed by atoms with Gasteiger partial charge in [-0.15, -0.1) is 0 Å². The van der Waals surface area contributed by atoms with Crippen molar-refractivity contribution in [3.05, 3.63) is 42.0 Å². The molecule has 0 fully saturated rings. The van der Waals surface area contributed by atoms with Gasteiger partial charge in [0, 0.05) is 23.5 Å². The molecule has 0 aliphatic heterocycles. The molecule has 2 aromatic heterocycles. The third kappa shape index (κ3) is 3.27. The number of aromatic nitrogens is 3. The summed E-state index contributed by atoms with van der Waals surface area (Å²) in [6.45, 7) is 3.88. The van der Waals surface area contributed by atoms with Crippen molar-refractivity contribution in [1.29, 1.82) is 0 Å². The highest BCUT2D eigenvalue weighted by atomic mass is 32.2. The van der Waals surface area contributed by atoms with Crippen LogP contribution in [0.3, 0.4) is 0 Å². The van der Waals surface area contributed by atoms with Crippen LogP contribution < -0.4 is 0 Å². The van der Waals surface area contributed by atoms with E-state index in [4.69, 9.17) is 0 Å². The van der Waals surface area contributed by atoms with Gasteiger partial charge in [0.1, 0.15) is 0 Å². The second kappa shape index (κ2) is 5.93. The SMILES string of the molecule is CC[C@@H](O)c1ccc(Sc2ncc(C)cn2)cn1. The molecule has 2 aromatic rings. The lowest BCUT2D eigenvalue weighted by atomic mass is 10.2. The Balaban J connectivity index is 2.08. The Morgan fingerprint density at radius 2 is 1.89 bits per heavy atom. The molecule has 0 aliphatic rings. The molecule has 94 valence electrons. The first-order chi connectivity index (χ1) is 8.69. The summed E-state index contributed by atoms with van der Waals surface area (Å²) >= 11 is 1.46. The monoisotopic (exact) mass is 261 g/mol. The fourth-order valence-electron chi connectivity index (χ4n) is 1.40. The van der Waals surface area contributed by atoms with E-state index < -0.39 is 6.10 Å². The van der Waals surface area contributed by atoms with E-state index in [1.165, 1.54) is 11.8 Å². The summed E-state index contributed by atoms with van der Waals surface area (Å²) in [5.74, 6) is 0. The van der Waals surface area contributed by atoms with E-state index in [9.17, 15) is 5.11 Å². The van der Waals surface area contributed by atoms with Gasteiger partial charge >= 0.3 is 0 Å². The first-order valence-electron chi connectivity index (χ1n) is 5.79. The maximum Gasteiger partial charge on any atom is 0.192 e. The fraction of sp³-hybridized carbons (Fsp3) is 0.308. The third-order valence-corrected chi connectivity index (χ3v) is 3.32. The summed E-state index contributed by atoms with van der Waals surface area (Å²) in [5.41, 5.74) is 1.74. The Morgan fingerprint density at radius 3 is 2.44 bits per heavy atom. The summed E-state index contributed by atoms with van der Waals surface area (Å²) in [6.07, 6.45) is 5.50. The Morgan fingerprint density at radius 1 is 1.17 bits per heavy atom. The van der Waals surface area contributed by atoms with Crippen LogP contribution in [0.25, 0.3) is 0 Å². The quantitative estimate of drug-likeness (QED) is 0.858. The minimum atomic E-state index is -0.486. The second-order valence-electron chi connectivity index (χ2n) is 3.99. The largest absolute Gasteiger partial charge is 0.387 e. The maximum absolute atomic E-state index is 9.65. The van der Waals surface area contributed by atoms with E-state index in [2.05, 4.69) is 15.0 Å². The Hall–Kier alpha value is -1.46. The van der Waals surface area contributed by atoms with E-state index in [-0.39, 0.29) is 0 Å². The minimum absolute atomic E-state index is 0.486. The van der Waals surface area contributed by atoms with E-state index in [1.807, 2.05) is 26.0 Å². The summed E-state index contributed by atoms with van der Waals surface area (Å²) < 4.78 is 0. The predicted octanol–water partition coefficient (Wildman–Crippen LogP) is 2.77. The molecule has 0 spiro atoms. The average Bonchev–Trinajstić information content (AvgIpc) is 2.41. The molecule has 1 N–H and O–H groups in total. The van der Waals surface area contributed by atoms with Crippen LogP contribution in [-0.2, 0) is 0 Å². The van der Waals surface area contributed by atoms with Gasteiger partial charge in [0.05, 0.1) is 11.8 Å². The molecule has 2 rings (SSSR count). The number of aryl methyl sites for hydroxylation is 1. The average molecular weight is 261 g/mol. The second-order valence-corrected chi connectivity index (χ2v) is 5.03. The normalized spacial score (nSPS) is 12.4. The van der Waals surface area contributed by atoms with Crippen LogP contribution >= 0.6 is 11.8 Å². The van der Waals surface area contributed by atoms with E-state index in [0.717, 1.165) is 10.5 Å². The standard InChI is InChI=1S/C13H15N3OS/c1-3-12(17)11-5-4-10(8-14-11)18-13-15-6-9(2)7-16-13/h4-8,12,17H,3H2,1-2H3/t12-/m1/s1. The van der Waals surface area contributed by atoms with Crippen molar-refractivity contribution in [3.8, 4) is 0 Å². The molecule has 4 nitrogen and oxygen atoms in total. The van der Waals surface area contributed by atoms with Crippen LogP contribution in [0.4, 0.5) is 0 Å². The summed E-state index contributed by atoms with van der Waals surface area (Å²) in [4.78, 5) is 13.6. The molecule has 0 amide bonds. The molecule has 0 saturated carbocycles. The van der Waals surface area contributed by atoms with Crippen molar-refractivity contribution in [3.63, 3.8) is 0 Å². The van der Waals surface area contributed by atoms with Crippen LogP contribution in [0, 0.1) is 6.92 Å². The van der Waals surface area contributed by atoms with Gasteiger partial charge in [0.2, 0.25) is 0 Å². The van der Waals surface area contributed by atoms with Crippen molar-refractivity contribution in [1.82, 2.24) is 15.0 Å². The lowest BCUT2D eigenvalue weighted by Gasteiger charge is -2.07. The van der Waals surface area contributed by atoms with Crippen molar-refractivity contribution in [2.45, 2.75) is 36.4 Å². The van der Waals surface area contributed by atoms with E-state index in [0.29, 0.717) is 17.3 Å². The molecule has 18 heavy (non-hydrogen) atoms. The zero-order valence-electron chi connectivity index (χ0n) is 10.4. The van der Waals surface area contributed by atoms with Crippen LogP contribution in [-0.4, -0.2) is 20.1 Å². The maximum atomic E-state index is 9.65. The highest BCUT2D eigenvalue weighted by Crippen LogP contribution is 2.24. The van der Waals surface area contributed by atoms with Gasteiger partial charge in [-0.1, -0.05) is 6.92 Å². The summed E-state index contributed by atoms with van der Waals surface area (Å²) in [7, 11) is 0. The predicted molar refractivity (Wildman–Crippen MR) is 70.4 cm³/mol. The highest BCUT2D eigenvalue weighted by Gasteiger charge is 2.06. The first kappa shape index (κ1) is 13.0. The first-order valence-corrected chi connectivity index (χ1v) is 6.61. The van der Waals surface area contributed by atoms with Crippen molar-refractivity contribution in [2.24, 2.45) is 0 Å². The molecule has 0 unspecified atom stereocenters. The minimum Gasteiger partial charge on any atom is -0.387 e. The topological polar surface area (TPSA) is 58.9 Å². The molecule has 0 aliphatic carbocycles. The zero-order chi connectivity index (χ0) is 13.0. The van der Waals surface area contributed by atoms with Crippen LogP contribution in [0.15, 0.2) is 40.8 Å². The van der Waals surface area contributed by atoms with Crippen LogP contribution in [0.5, 0.6) is 0 Å². The van der Waals surface area contributed by atoms with Gasteiger partial charge in [0.15, 0.2) is 5.16 Å². The van der Waals surface area contributed by atoms with Crippen molar-refractivity contribution < 1.29 is 5.11 Å². The van der Waals surface area contributed by atoms with Gasteiger partial charge in [-0.2, -0.15) is 0 Å². The van der Waals surface area contributed by atoms with Gasteiger partial charge in [-0.25, -0.2) is 9.97 Å². The molecule has 1 atom stereocenters. The number of hydrogen-bond acceptors (Lipinski definition) is 5. The summed E-state index contributed by atoms with van der Waals surface area (Å²) in [6, 6.07) is 3.76. The number of hydrogen-bond donors (Lipinski definition) is 1. The molecule has 0 saturated heterocycles. The lowest BCUT2D eigenvalue weighted by molar-refractivity contribution is 0.169. The number of pyridine rings is 1. The van der Waals surface area contributed by atoms with E-state index >= 15 is 0 Å². The number of rotatable bonds is 4. The van der Waals surface area contributed by atoms with Gasteiger partial charge in [0.25, 0.3) is 0 Å². The Kier molecular flexibility index (Phi) is 4.28. The number of aliphatic hydroxyl groups is 1. The summed E-state index contributed by atoms with van der Waals surface area (Å²) in [5, 5.41) is 10.3. The molecule has 5 heteroatoms. The molecular weight excluding hydrogens is 246 g/mol. The smallest absolute Gasteiger partial charge is 0.192 e. The molecular formula is C13H15N3OS.